The van der Waals surface area contributed by atoms with Crippen LogP contribution in [0.2, 0.25) is 0 Å². The highest BCUT2D eigenvalue weighted by atomic mass is 16.1. The van der Waals surface area contributed by atoms with E-state index >= 15 is 0 Å². The molecule has 0 saturated carbocycles. The lowest BCUT2D eigenvalue weighted by molar-refractivity contribution is 0.102. The van der Waals surface area contributed by atoms with Gasteiger partial charge in [0.05, 0.1) is 11.4 Å². The molecule has 26 heavy (non-hydrogen) atoms. The van der Waals surface area contributed by atoms with E-state index in [9.17, 15) is 4.79 Å². The van der Waals surface area contributed by atoms with Gasteiger partial charge >= 0.3 is 0 Å². The third kappa shape index (κ3) is 4.24. The molecule has 3 rings (SSSR count). The molecule has 0 bridgehead atoms. The first-order chi connectivity index (χ1) is 12.5. The van der Waals surface area contributed by atoms with Crippen LogP contribution in [-0.4, -0.2) is 5.91 Å². The minimum Gasteiger partial charge on any atom is -0.399 e. The first kappa shape index (κ1) is 17.2. The Balaban J connectivity index is 1.67. The Morgan fingerprint density at radius 2 is 1.58 bits per heavy atom. The number of hydrogen-bond donors (Lipinski definition) is 3. The van der Waals surface area contributed by atoms with Gasteiger partial charge in [0.1, 0.15) is 5.69 Å². The molecule has 0 radical (unpaired) electrons. The van der Waals surface area contributed by atoms with Crippen molar-refractivity contribution in [1.82, 2.24) is 0 Å². The third-order valence-electron chi connectivity index (χ3n) is 3.76. The molecule has 1 amide bonds. The van der Waals surface area contributed by atoms with Gasteiger partial charge in [-0.3, -0.25) is 4.79 Å². The van der Waals surface area contributed by atoms with Gasteiger partial charge < -0.3 is 16.8 Å². The predicted molar refractivity (Wildman–Crippen MR) is 105 cm³/mol. The molecular formula is C20H19N5O. The molecule has 0 aromatic heterocycles. The van der Waals surface area contributed by atoms with E-state index < -0.39 is 0 Å². The Morgan fingerprint density at radius 1 is 0.885 bits per heavy atom. The lowest BCUT2D eigenvalue weighted by Crippen LogP contribution is -2.11. The van der Waals surface area contributed by atoms with E-state index in [1.807, 2.05) is 19.1 Å². The molecule has 0 saturated heterocycles. The number of nitrogens with zero attached hydrogens (tertiary/aromatic N) is 2. The van der Waals surface area contributed by atoms with E-state index in [1.54, 1.807) is 54.6 Å². The first-order valence-electron chi connectivity index (χ1n) is 8.06. The fourth-order valence-electron chi connectivity index (χ4n) is 2.30. The topological polar surface area (TPSA) is 106 Å². The van der Waals surface area contributed by atoms with Gasteiger partial charge in [0, 0.05) is 16.9 Å². The third-order valence-corrected chi connectivity index (χ3v) is 3.76. The highest BCUT2D eigenvalue weighted by molar-refractivity contribution is 6.04. The van der Waals surface area contributed by atoms with Crippen molar-refractivity contribution in [2.45, 2.75) is 6.92 Å². The number of amides is 1. The number of hydrogen-bond acceptors (Lipinski definition) is 5. The fraction of sp³-hybridized carbons (Fsp3) is 0.0500. The molecule has 0 heterocycles. The number of benzene rings is 3. The van der Waals surface area contributed by atoms with Crippen molar-refractivity contribution < 1.29 is 4.79 Å². The molecule has 130 valence electrons. The van der Waals surface area contributed by atoms with Crippen LogP contribution in [0.25, 0.3) is 0 Å². The molecular weight excluding hydrogens is 326 g/mol. The number of aryl methyl sites for hydroxylation is 1. The maximum absolute atomic E-state index is 12.2. The second-order valence-corrected chi connectivity index (χ2v) is 5.89. The van der Waals surface area contributed by atoms with Gasteiger partial charge in [-0.15, -0.1) is 5.11 Å². The van der Waals surface area contributed by atoms with Crippen molar-refractivity contribution in [2.75, 3.05) is 16.8 Å². The standard InChI is InChI=1S/C20H19N5O/c1-13-2-4-14(5-3-13)20(26)23-16-7-9-17(10-8-16)24-25-19-11-6-15(21)12-18(19)22/h2-12H,21-22H2,1H3,(H,23,26)/b25-24+. The summed E-state index contributed by atoms with van der Waals surface area (Å²) >= 11 is 0. The molecule has 6 heteroatoms. The number of nitrogens with one attached hydrogen (secondary N) is 1. The van der Waals surface area contributed by atoms with Gasteiger partial charge in [0.25, 0.3) is 5.91 Å². The zero-order chi connectivity index (χ0) is 18.5. The van der Waals surface area contributed by atoms with Crippen molar-refractivity contribution in [3.8, 4) is 0 Å². The van der Waals surface area contributed by atoms with Crippen molar-refractivity contribution in [1.29, 1.82) is 0 Å². The number of anilines is 3. The van der Waals surface area contributed by atoms with Gasteiger partial charge in [0.2, 0.25) is 0 Å². The molecule has 6 nitrogen and oxygen atoms in total. The maximum atomic E-state index is 12.2. The van der Waals surface area contributed by atoms with Gasteiger partial charge in [-0.2, -0.15) is 5.11 Å². The van der Waals surface area contributed by atoms with E-state index in [0.717, 1.165) is 5.56 Å². The van der Waals surface area contributed by atoms with Crippen LogP contribution in [0, 0.1) is 6.92 Å². The largest absolute Gasteiger partial charge is 0.399 e. The molecule has 0 aliphatic heterocycles. The second-order valence-electron chi connectivity index (χ2n) is 5.89. The SMILES string of the molecule is Cc1ccc(C(=O)Nc2ccc(/N=N/c3ccc(N)cc3N)cc2)cc1. The highest BCUT2D eigenvalue weighted by Gasteiger charge is 2.05. The Morgan fingerprint density at radius 3 is 2.23 bits per heavy atom. The highest BCUT2D eigenvalue weighted by Crippen LogP contribution is 2.26. The van der Waals surface area contributed by atoms with Crippen molar-refractivity contribution in [3.05, 3.63) is 77.9 Å². The Hall–Kier alpha value is -3.67. The average molecular weight is 345 g/mol. The number of azo groups is 1. The van der Waals surface area contributed by atoms with E-state index in [-0.39, 0.29) is 5.91 Å². The predicted octanol–water partition coefficient (Wildman–Crippen LogP) is 4.83. The van der Waals surface area contributed by atoms with Crippen LogP contribution in [0.5, 0.6) is 0 Å². The Labute approximate surface area is 151 Å². The van der Waals surface area contributed by atoms with Crippen LogP contribution in [0.3, 0.4) is 0 Å². The molecule has 0 aliphatic rings. The summed E-state index contributed by atoms with van der Waals surface area (Å²) in [5.41, 5.74) is 16.1. The summed E-state index contributed by atoms with van der Waals surface area (Å²) in [6, 6.07) is 19.5. The molecule has 0 atom stereocenters. The summed E-state index contributed by atoms with van der Waals surface area (Å²) < 4.78 is 0. The molecule has 3 aromatic rings. The van der Waals surface area contributed by atoms with Crippen LogP contribution >= 0.6 is 0 Å². The number of carbonyl (C=O) groups is 1. The van der Waals surface area contributed by atoms with Gasteiger partial charge in [-0.1, -0.05) is 17.7 Å². The molecule has 0 aliphatic carbocycles. The van der Waals surface area contributed by atoms with E-state index in [1.165, 1.54) is 0 Å². The smallest absolute Gasteiger partial charge is 0.255 e. The minimum absolute atomic E-state index is 0.158. The lowest BCUT2D eigenvalue weighted by atomic mass is 10.1. The molecule has 0 spiro atoms. The second kappa shape index (κ2) is 7.48. The number of nitrogens with two attached hydrogens (primary N) is 2. The van der Waals surface area contributed by atoms with Crippen LogP contribution in [0.15, 0.2) is 77.0 Å². The first-order valence-corrected chi connectivity index (χ1v) is 8.06. The van der Waals surface area contributed by atoms with Crippen LogP contribution in [-0.2, 0) is 0 Å². The van der Waals surface area contributed by atoms with E-state index in [2.05, 4.69) is 15.5 Å². The van der Waals surface area contributed by atoms with Gasteiger partial charge in [-0.25, -0.2) is 0 Å². The van der Waals surface area contributed by atoms with Crippen LogP contribution < -0.4 is 16.8 Å². The summed E-state index contributed by atoms with van der Waals surface area (Å²) in [6.07, 6.45) is 0. The van der Waals surface area contributed by atoms with Crippen LogP contribution in [0.4, 0.5) is 28.4 Å². The van der Waals surface area contributed by atoms with E-state index in [4.69, 9.17) is 11.5 Å². The summed E-state index contributed by atoms with van der Waals surface area (Å²) in [6.45, 7) is 1.98. The number of rotatable bonds is 4. The Bertz CT molecular complexity index is 947. The Kier molecular flexibility index (Phi) is 4.94. The van der Waals surface area contributed by atoms with Crippen molar-refractivity contribution >= 4 is 34.3 Å². The normalized spacial score (nSPS) is 10.8. The summed E-state index contributed by atoms with van der Waals surface area (Å²) in [7, 11) is 0. The summed E-state index contributed by atoms with van der Waals surface area (Å²) in [5.74, 6) is -0.158. The minimum atomic E-state index is -0.158. The molecule has 3 aromatic carbocycles. The van der Waals surface area contributed by atoms with Crippen LogP contribution in [0.1, 0.15) is 15.9 Å². The zero-order valence-corrected chi connectivity index (χ0v) is 14.3. The van der Waals surface area contributed by atoms with E-state index in [0.29, 0.717) is 34.0 Å². The van der Waals surface area contributed by atoms with Crippen molar-refractivity contribution in [3.63, 3.8) is 0 Å². The number of carbonyl (C=O) groups excluding carboxylic acids is 1. The van der Waals surface area contributed by atoms with Gasteiger partial charge in [0.15, 0.2) is 0 Å². The average Bonchev–Trinajstić information content (AvgIpc) is 2.63. The van der Waals surface area contributed by atoms with Gasteiger partial charge in [-0.05, 0) is 61.5 Å². The maximum Gasteiger partial charge on any atom is 0.255 e. The molecule has 0 unspecified atom stereocenters. The lowest BCUT2D eigenvalue weighted by Gasteiger charge is -2.06. The molecule has 5 N–H and O–H groups in total. The number of nitrogen functional groups attached to an aromatic ring is 2. The quantitative estimate of drug-likeness (QED) is 0.466. The summed E-state index contributed by atoms with van der Waals surface area (Å²) in [4.78, 5) is 12.2. The zero-order valence-electron chi connectivity index (χ0n) is 14.3. The summed E-state index contributed by atoms with van der Waals surface area (Å²) in [5, 5.41) is 11.1. The fourth-order valence-corrected chi connectivity index (χ4v) is 2.30. The van der Waals surface area contributed by atoms with Crippen molar-refractivity contribution in [2.24, 2.45) is 10.2 Å². The monoisotopic (exact) mass is 345 g/mol. The molecule has 0 fully saturated rings.